The molecule has 0 saturated carbocycles. The smallest absolute Gasteiger partial charge is 0.171 e. The first kappa shape index (κ1) is 16.8. The third-order valence-corrected chi connectivity index (χ3v) is 4.25. The highest BCUT2D eigenvalue weighted by Gasteiger charge is 2.10. The molecule has 2 rings (SSSR count). The normalized spacial score (nSPS) is 11.8. The minimum absolute atomic E-state index is 0.196. The molecule has 0 spiro atoms. The molecule has 22 heavy (non-hydrogen) atoms. The van der Waals surface area contributed by atoms with Crippen molar-refractivity contribution >= 4 is 34.6 Å². The maximum Gasteiger partial charge on any atom is 0.171 e. The molecule has 1 atom stereocenters. The SMILES string of the molecule is CC[C@@H](NC(=S)Nc1ccc(C)c(Cl)c1)c1ccc(C)cc1. The lowest BCUT2D eigenvalue weighted by atomic mass is 10.0. The van der Waals surface area contributed by atoms with Crippen molar-refractivity contribution in [2.45, 2.75) is 33.2 Å². The fraction of sp³-hybridized carbons (Fsp3) is 0.278. The molecule has 0 fully saturated rings. The maximum absolute atomic E-state index is 6.14. The van der Waals surface area contributed by atoms with Crippen LogP contribution in [0, 0.1) is 13.8 Å². The molecule has 0 saturated heterocycles. The lowest BCUT2D eigenvalue weighted by Crippen LogP contribution is -2.32. The number of anilines is 1. The molecular formula is C18H21ClN2S. The quantitative estimate of drug-likeness (QED) is 0.733. The molecule has 2 N–H and O–H groups in total. The Hall–Kier alpha value is -1.58. The van der Waals surface area contributed by atoms with Crippen molar-refractivity contribution < 1.29 is 0 Å². The van der Waals surface area contributed by atoms with Crippen LogP contribution in [-0.4, -0.2) is 5.11 Å². The summed E-state index contributed by atoms with van der Waals surface area (Å²) < 4.78 is 0. The minimum Gasteiger partial charge on any atom is -0.356 e. The molecule has 2 aromatic carbocycles. The summed E-state index contributed by atoms with van der Waals surface area (Å²) in [4.78, 5) is 0. The molecule has 0 radical (unpaired) electrons. The number of hydrogen-bond acceptors (Lipinski definition) is 1. The Bertz CT molecular complexity index is 653. The third kappa shape index (κ3) is 4.46. The van der Waals surface area contributed by atoms with Gasteiger partial charge in [0.05, 0.1) is 6.04 Å². The van der Waals surface area contributed by atoms with E-state index in [-0.39, 0.29) is 6.04 Å². The van der Waals surface area contributed by atoms with Crippen molar-refractivity contribution in [3.63, 3.8) is 0 Å². The number of hydrogen-bond donors (Lipinski definition) is 2. The molecular weight excluding hydrogens is 312 g/mol. The van der Waals surface area contributed by atoms with Gasteiger partial charge in [-0.1, -0.05) is 54.4 Å². The highest BCUT2D eigenvalue weighted by molar-refractivity contribution is 7.80. The fourth-order valence-corrected chi connectivity index (χ4v) is 2.66. The molecule has 2 nitrogen and oxygen atoms in total. The highest BCUT2D eigenvalue weighted by atomic mass is 35.5. The number of rotatable bonds is 4. The molecule has 0 aliphatic rings. The number of benzene rings is 2. The van der Waals surface area contributed by atoms with Gasteiger partial charge in [0.2, 0.25) is 0 Å². The maximum atomic E-state index is 6.14. The first-order chi connectivity index (χ1) is 10.5. The molecule has 4 heteroatoms. The Morgan fingerprint density at radius 3 is 2.41 bits per heavy atom. The second-order valence-corrected chi connectivity index (χ2v) is 6.25. The zero-order valence-corrected chi connectivity index (χ0v) is 14.7. The lowest BCUT2D eigenvalue weighted by molar-refractivity contribution is 0.629. The van der Waals surface area contributed by atoms with E-state index >= 15 is 0 Å². The van der Waals surface area contributed by atoms with Gasteiger partial charge in [0, 0.05) is 10.7 Å². The van der Waals surface area contributed by atoms with Crippen LogP contribution in [0.2, 0.25) is 5.02 Å². The predicted octanol–water partition coefficient (Wildman–Crippen LogP) is 5.39. The van der Waals surface area contributed by atoms with Crippen LogP contribution in [0.1, 0.15) is 36.1 Å². The summed E-state index contributed by atoms with van der Waals surface area (Å²) in [6.07, 6.45) is 0.958. The number of thiocarbonyl (C=S) groups is 1. The lowest BCUT2D eigenvalue weighted by Gasteiger charge is -2.20. The van der Waals surface area contributed by atoms with Crippen LogP contribution in [0.4, 0.5) is 5.69 Å². The Kier molecular flexibility index (Phi) is 5.81. The van der Waals surface area contributed by atoms with E-state index in [2.05, 4.69) is 48.7 Å². The molecule has 116 valence electrons. The van der Waals surface area contributed by atoms with Gasteiger partial charge in [-0.15, -0.1) is 0 Å². The topological polar surface area (TPSA) is 24.1 Å². The van der Waals surface area contributed by atoms with Crippen LogP contribution < -0.4 is 10.6 Å². The molecule has 0 unspecified atom stereocenters. The van der Waals surface area contributed by atoms with Crippen LogP contribution in [0.5, 0.6) is 0 Å². The van der Waals surface area contributed by atoms with Gasteiger partial charge < -0.3 is 10.6 Å². The van der Waals surface area contributed by atoms with Crippen molar-refractivity contribution in [3.8, 4) is 0 Å². The second kappa shape index (κ2) is 7.61. The van der Waals surface area contributed by atoms with Crippen molar-refractivity contribution in [1.82, 2.24) is 5.32 Å². The first-order valence-electron chi connectivity index (χ1n) is 7.40. The van der Waals surface area contributed by atoms with E-state index < -0.39 is 0 Å². The van der Waals surface area contributed by atoms with Gasteiger partial charge in [0.1, 0.15) is 0 Å². The Balaban J connectivity index is 2.02. The van der Waals surface area contributed by atoms with E-state index in [1.165, 1.54) is 11.1 Å². The summed E-state index contributed by atoms with van der Waals surface area (Å²) in [6, 6.07) is 14.6. The second-order valence-electron chi connectivity index (χ2n) is 5.43. The number of halogens is 1. The summed E-state index contributed by atoms with van der Waals surface area (Å²) in [5.41, 5.74) is 4.44. The van der Waals surface area contributed by atoms with E-state index in [4.69, 9.17) is 23.8 Å². The van der Waals surface area contributed by atoms with Crippen LogP contribution >= 0.6 is 23.8 Å². The van der Waals surface area contributed by atoms with Crippen molar-refractivity contribution in [3.05, 3.63) is 64.2 Å². The summed E-state index contributed by atoms with van der Waals surface area (Å²) in [6.45, 7) is 6.21. The molecule has 0 aromatic heterocycles. The molecule has 0 heterocycles. The van der Waals surface area contributed by atoms with E-state index in [1.54, 1.807) is 0 Å². The van der Waals surface area contributed by atoms with Gasteiger partial charge in [-0.05, 0) is 55.7 Å². The average Bonchev–Trinajstić information content (AvgIpc) is 2.49. The van der Waals surface area contributed by atoms with Crippen molar-refractivity contribution in [2.24, 2.45) is 0 Å². The van der Waals surface area contributed by atoms with Crippen molar-refractivity contribution in [1.29, 1.82) is 0 Å². The molecule has 0 bridgehead atoms. The summed E-state index contributed by atoms with van der Waals surface area (Å²) in [5.74, 6) is 0. The third-order valence-electron chi connectivity index (χ3n) is 3.62. The number of nitrogens with one attached hydrogen (secondary N) is 2. The molecule has 0 aliphatic carbocycles. The van der Waals surface area contributed by atoms with E-state index in [1.807, 2.05) is 25.1 Å². The Labute approximate surface area is 142 Å². The zero-order chi connectivity index (χ0) is 16.1. The van der Waals surface area contributed by atoms with Gasteiger partial charge in [0.15, 0.2) is 5.11 Å². The Morgan fingerprint density at radius 2 is 1.82 bits per heavy atom. The standard InChI is InChI=1S/C18H21ClN2S/c1-4-17(14-8-5-12(2)6-9-14)21-18(22)20-15-10-7-13(3)16(19)11-15/h5-11,17H,4H2,1-3H3,(H2,20,21,22)/t17-/m1/s1. The summed E-state index contributed by atoms with van der Waals surface area (Å²) in [7, 11) is 0. The van der Waals surface area contributed by atoms with Crippen LogP contribution in [0.15, 0.2) is 42.5 Å². The van der Waals surface area contributed by atoms with Crippen LogP contribution in [-0.2, 0) is 0 Å². The average molecular weight is 333 g/mol. The van der Waals surface area contributed by atoms with Gasteiger partial charge >= 0.3 is 0 Å². The van der Waals surface area contributed by atoms with Crippen LogP contribution in [0.3, 0.4) is 0 Å². The molecule has 0 aliphatic heterocycles. The molecule has 0 amide bonds. The molecule has 2 aromatic rings. The Morgan fingerprint density at radius 1 is 1.14 bits per heavy atom. The minimum atomic E-state index is 0.196. The van der Waals surface area contributed by atoms with E-state index in [9.17, 15) is 0 Å². The van der Waals surface area contributed by atoms with Gasteiger partial charge in [-0.3, -0.25) is 0 Å². The highest BCUT2D eigenvalue weighted by Crippen LogP contribution is 2.21. The van der Waals surface area contributed by atoms with Gasteiger partial charge in [0.25, 0.3) is 0 Å². The van der Waals surface area contributed by atoms with Gasteiger partial charge in [-0.2, -0.15) is 0 Å². The van der Waals surface area contributed by atoms with Crippen LogP contribution in [0.25, 0.3) is 0 Å². The zero-order valence-electron chi connectivity index (χ0n) is 13.1. The summed E-state index contributed by atoms with van der Waals surface area (Å²) >= 11 is 11.6. The van der Waals surface area contributed by atoms with E-state index in [0.717, 1.165) is 22.7 Å². The fourth-order valence-electron chi connectivity index (χ4n) is 2.22. The first-order valence-corrected chi connectivity index (χ1v) is 8.18. The summed E-state index contributed by atoms with van der Waals surface area (Å²) in [5, 5.41) is 7.89. The predicted molar refractivity (Wildman–Crippen MR) is 99.8 cm³/mol. The monoisotopic (exact) mass is 332 g/mol. The largest absolute Gasteiger partial charge is 0.356 e. The van der Waals surface area contributed by atoms with Crippen molar-refractivity contribution in [2.75, 3.05) is 5.32 Å². The van der Waals surface area contributed by atoms with E-state index in [0.29, 0.717) is 5.11 Å². The van der Waals surface area contributed by atoms with Gasteiger partial charge in [-0.25, -0.2) is 0 Å². The number of aryl methyl sites for hydroxylation is 2.